The van der Waals surface area contributed by atoms with Crippen LogP contribution in [0.15, 0.2) is 58.8 Å². The number of aromatic nitrogens is 2. The minimum atomic E-state index is -3.69. The average molecular weight is 447 g/mol. The highest BCUT2D eigenvalue weighted by atomic mass is 32.2. The molecule has 0 unspecified atom stereocenters. The van der Waals surface area contributed by atoms with Crippen molar-refractivity contribution in [3.05, 3.63) is 59.7 Å². The summed E-state index contributed by atoms with van der Waals surface area (Å²) in [5.41, 5.74) is 2.38. The molecule has 3 aromatic rings. The second-order valence-electron chi connectivity index (χ2n) is 6.99. The van der Waals surface area contributed by atoms with Crippen molar-refractivity contribution < 1.29 is 17.6 Å². The third kappa shape index (κ3) is 4.40. The molecular weight excluding hydrogens is 427 g/mol. The van der Waals surface area contributed by atoms with Gasteiger partial charge in [0, 0.05) is 35.6 Å². The predicted molar refractivity (Wildman–Crippen MR) is 112 cm³/mol. The molecule has 1 fully saturated rings. The van der Waals surface area contributed by atoms with Crippen LogP contribution in [0, 0.1) is 11.7 Å². The van der Waals surface area contributed by atoms with Gasteiger partial charge in [-0.1, -0.05) is 16.6 Å². The summed E-state index contributed by atoms with van der Waals surface area (Å²) in [5, 5.41) is 8.75. The minimum Gasteiger partial charge on any atom is -0.326 e. The number of hydrogen-bond acceptors (Lipinski definition) is 6. The fraction of sp³-hybridized carbons (Fsp3) is 0.250. The van der Waals surface area contributed by atoms with Crippen molar-refractivity contribution in [2.45, 2.75) is 17.7 Å². The van der Waals surface area contributed by atoms with E-state index in [9.17, 15) is 17.6 Å². The van der Waals surface area contributed by atoms with Crippen LogP contribution in [0.25, 0.3) is 11.3 Å². The zero-order valence-corrected chi connectivity index (χ0v) is 17.5. The van der Waals surface area contributed by atoms with Gasteiger partial charge in [-0.15, -0.1) is 5.10 Å². The van der Waals surface area contributed by atoms with Crippen LogP contribution in [0.1, 0.15) is 12.8 Å². The summed E-state index contributed by atoms with van der Waals surface area (Å²) in [6, 6.07) is 12.1. The number of benzene rings is 2. The van der Waals surface area contributed by atoms with E-state index in [0.29, 0.717) is 18.5 Å². The lowest BCUT2D eigenvalue weighted by Crippen LogP contribution is -2.41. The first-order chi connectivity index (χ1) is 14.4. The summed E-state index contributed by atoms with van der Waals surface area (Å²) in [5.74, 6) is -0.885. The highest BCUT2D eigenvalue weighted by Gasteiger charge is 2.32. The first-order valence-corrected chi connectivity index (χ1v) is 11.7. The topological polar surface area (TPSA) is 92.3 Å². The van der Waals surface area contributed by atoms with E-state index < -0.39 is 15.8 Å². The zero-order valence-electron chi connectivity index (χ0n) is 15.9. The van der Waals surface area contributed by atoms with Gasteiger partial charge in [0.15, 0.2) is 0 Å². The summed E-state index contributed by atoms with van der Waals surface area (Å²) in [4.78, 5) is 12.7. The normalized spacial score (nSPS) is 15.8. The van der Waals surface area contributed by atoms with Gasteiger partial charge in [0.05, 0.1) is 4.90 Å². The molecule has 4 rings (SSSR count). The molecule has 2 aromatic carbocycles. The largest absolute Gasteiger partial charge is 0.326 e. The van der Waals surface area contributed by atoms with E-state index in [4.69, 9.17) is 0 Å². The first-order valence-electron chi connectivity index (χ1n) is 9.37. The third-order valence-corrected chi connectivity index (χ3v) is 7.50. The smallest absolute Gasteiger partial charge is 0.243 e. The number of carbonyl (C=O) groups is 1. The van der Waals surface area contributed by atoms with E-state index in [0.717, 1.165) is 23.4 Å². The molecule has 0 radical (unpaired) electrons. The number of hydrogen-bond donors (Lipinski definition) is 1. The number of anilines is 1. The molecule has 0 bridgehead atoms. The number of amides is 1. The number of sulfonamides is 1. The highest BCUT2D eigenvalue weighted by molar-refractivity contribution is 7.89. The van der Waals surface area contributed by atoms with E-state index in [1.54, 1.807) is 12.1 Å². The quantitative estimate of drug-likeness (QED) is 0.649. The van der Waals surface area contributed by atoms with Crippen LogP contribution in [0.2, 0.25) is 0 Å². The second-order valence-corrected chi connectivity index (χ2v) is 9.54. The monoisotopic (exact) mass is 446 g/mol. The Morgan fingerprint density at radius 1 is 1.07 bits per heavy atom. The number of nitrogens with one attached hydrogen (secondary N) is 1. The Labute approximate surface area is 177 Å². The van der Waals surface area contributed by atoms with Gasteiger partial charge in [0.1, 0.15) is 11.5 Å². The predicted octanol–water partition coefficient (Wildman–Crippen LogP) is 3.38. The van der Waals surface area contributed by atoms with Crippen LogP contribution in [-0.4, -0.2) is 41.3 Å². The number of halogens is 1. The Kier molecular flexibility index (Phi) is 5.89. The lowest BCUT2D eigenvalue weighted by molar-refractivity contribution is -0.120. The van der Waals surface area contributed by atoms with Crippen molar-refractivity contribution in [3.8, 4) is 11.3 Å². The Hall–Kier alpha value is -2.69. The van der Waals surface area contributed by atoms with Crippen molar-refractivity contribution in [2.24, 2.45) is 5.92 Å². The van der Waals surface area contributed by atoms with Crippen LogP contribution in [0.3, 0.4) is 0 Å². The molecule has 30 heavy (non-hydrogen) atoms. The molecule has 0 atom stereocenters. The summed E-state index contributed by atoms with van der Waals surface area (Å²) < 4.78 is 43.6. The Bertz CT molecular complexity index is 1110. The van der Waals surface area contributed by atoms with Gasteiger partial charge in [0.25, 0.3) is 0 Å². The van der Waals surface area contributed by atoms with Gasteiger partial charge < -0.3 is 5.32 Å². The van der Waals surface area contributed by atoms with Crippen molar-refractivity contribution in [1.29, 1.82) is 0 Å². The number of rotatable bonds is 5. The lowest BCUT2D eigenvalue weighted by Gasteiger charge is -2.30. The Morgan fingerprint density at radius 3 is 2.33 bits per heavy atom. The maximum absolute atomic E-state index is 13.1. The molecule has 1 aromatic heterocycles. The van der Waals surface area contributed by atoms with E-state index in [2.05, 4.69) is 14.9 Å². The molecular formula is C20H19FN4O3S2. The molecule has 0 spiro atoms. The van der Waals surface area contributed by atoms with Gasteiger partial charge in [-0.2, -0.15) is 4.31 Å². The van der Waals surface area contributed by atoms with Crippen LogP contribution >= 0.6 is 11.5 Å². The summed E-state index contributed by atoms with van der Waals surface area (Å²) >= 11 is 1.27. The molecule has 7 nitrogen and oxygen atoms in total. The lowest BCUT2D eigenvalue weighted by atomic mass is 9.97. The van der Waals surface area contributed by atoms with Crippen LogP contribution in [0.5, 0.6) is 0 Å². The van der Waals surface area contributed by atoms with Gasteiger partial charge >= 0.3 is 0 Å². The summed E-state index contributed by atoms with van der Waals surface area (Å²) in [7, 11) is -3.69. The van der Waals surface area contributed by atoms with Gasteiger partial charge in [0.2, 0.25) is 15.9 Å². The van der Waals surface area contributed by atoms with Crippen molar-refractivity contribution in [2.75, 3.05) is 18.4 Å². The first kappa shape index (κ1) is 20.6. The fourth-order valence-corrected chi connectivity index (χ4v) is 5.31. The van der Waals surface area contributed by atoms with Gasteiger partial charge in [-0.25, -0.2) is 12.8 Å². The SMILES string of the molecule is O=C(Nc1ccc(-c2csnn2)cc1)C1CCN(S(=O)(=O)c2ccc(F)cc2)CC1. The van der Waals surface area contributed by atoms with E-state index in [-0.39, 0.29) is 29.8 Å². The molecule has 1 N–H and O–H groups in total. The molecule has 0 aliphatic carbocycles. The average Bonchev–Trinajstić information content (AvgIpc) is 3.30. The summed E-state index contributed by atoms with van der Waals surface area (Å²) in [6.07, 6.45) is 0.851. The molecule has 10 heteroatoms. The minimum absolute atomic E-state index is 0.0576. The highest BCUT2D eigenvalue weighted by Crippen LogP contribution is 2.26. The van der Waals surface area contributed by atoms with Crippen LogP contribution < -0.4 is 5.32 Å². The van der Waals surface area contributed by atoms with Gasteiger partial charge in [-0.05, 0) is 60.8 Å². The van der Waals surface area contributed by atoms with E-state index >= 15 is 0 Å². The standard InChI is InChI=1S/C20H19FN4O3S2/c21-16-3-7-18(8-4-16)30(27,28)25-11-9-15(10-12-25)20(26)22-17-5-1-14(2-6-17)19-13-29-24-23-19/h1-8,13,15H,9-12H2,(H,22,26). The van der Waals surface area contributed by atoms with E-state index in [1.165, 1.54) is 28.0 Å². The Balaban J connectivity index is 1.34. The molecule has 1 amide bonds. The van der Waals surface area contributed by atoms with Crippen molar-refractivity contribution in [1.82, 2.24) is 13.9 Å². The maximum atomic E-state index is 13.1. The van der Waals surface area contributed by atoms with Crippen molar-refractivity contribution in [3.63, 3.8) is 0 Å². The fourth-order valence-electron chi connectivity index (χ4n) is 3.37. The molecule has 1 aliphatic heterocycles. The van der Waals surface area contributed by atoms with Crippen LogP contribution in [-0.2, 0) is 14.8 Å². The zero-order chi connectivity index (χ0) is 21.1. The second kappa shape index (κ2) is 8.58. The Morgan fingerprint density at radius 2 is 1.73 bits per heavy atom. The molecule has 0 saturated carbocycles. The number of carbonyl (C=O) groups excluding carboxylic acids is 1. The number of nitrogens with zero attached hydrogens (tertiary/aromatic N) is 3. The van der Waals surface area contributed by atoms with E-state index in [1.807, 2.05) is 17.5 Å². The van der Waals surface area contributed by atoms with Gasteiger partial charge in [-0.3, -0.25) is 4.79 Å². The molecule has 1 aliphatic rings. The molecule has 156 valence electrons. The molecule has 1 saturated heterocycles. The van der Waals surface area contributed by atoms with Crippen LogP contribution in [0.4, 0.5) is 10.1 Å². The maximum Gasteiger partial charge on any atom is 0.243 e. The molecule has 2 heterocycles. The number of piperidine rings is 1. The summed E-state index contributed by atoms with van der Waals surface area (Å²) in [6.45, 7) is 0.487. The third-order valence-electron chi connectivity index (χ3n) is 5.08. The van der Waals surface area contributed by atoms with Crippen molar-refractivity contribution >= 4 is 33.2 Å².